The summed E-state index contributed by atoms with van der Waals surface area (Å²) in [6.45, 7) is 0. The third-order valence-corrected chi connectivity index (χ3v) is 11.6. The molecule has 0 amide bonds. The van der Waals surface area contributed by atoms with E-state index >= 15 is 0 Å². The number of rotatable bonds is 5. The Balaban J connectivity index is 1.09. The van der Waals surface area contributed by atoms with E-state index in [9.17, 15) is 0 Å². The minimum absolute atomic E-state index is 1.04. The fraction of sp³-hybridized carbons (Fsp3) is 0.0370. The van der Waals surface area contributed by atoms with Gasteiger partial charge in [0.2, 0.25) is 0 Å². The van der Waals surface area contributed by atoms with Gasteiger partial charge < -0.3 is 4.90 Å². The largest absolute Gasteiger partial charge is 0.310 e. The first-order valence-corrected chi connectivity index (χ1v) is 19.3. The van der Waals surface area contributed by atoms with Gasteiger partial charge in [-0.05, 0) is 149 Å². The van der Waals surface area contributed by atoms with Crippen LogP contribution in [0.3, 0.4) is 0 Å². The lowest BCUT2D eigenvalue weighted by Crippen LogP contribution is -2.09. The van der Waals surface area contributed by atoms with Gasteiger partial charge in [0.25, 0.3) is 0 Å². The van der Waals surface area contributed by atoms with Gasteiger partial charge in [-0.2, -0.15) is 0 Å². The summed E-state index contributed by atoms with van der Waals surface area (Å²) in [5.41, 5.74) is 11.3. The topological polar surface area (TPSA) is 3.24 Å². The Morgan fingerprint density at radius 3 is 1.64 bits per heavy atom. The Morgan fingerprint density at radius 1 is 0.364 bits per heavy atom. The van der Waals surface area contributed by atoms with Crippen LogP contribution in [0.2, 0.25) is 0 Å². The second-order valence-corrected chi connectivity index (χ2v) is 14.8. The maximum absolute atomic E-state index is 2.47. The number of fused-ring (bicyclic) bond motifs is 8. The molecule has 0 unspecified atom stereocenters. The van der Waals surface area contributed by atoms with Crippen LogP contribution in [0, 0.1) is 0 Å². The van der Waals surface area contributed by atoms with E-state index in [0.717, 1.165) is 29.9 Å². The van der Waals surface area contributed by atoms with Gasteiger partial charge in [0.05, 0.1) is 0 Å². The van der Waals surface area contributed by atoms with Crippen molar-refractivity contribution in [3.63, 3.8) is 0 Å². The summed E-state index contributed by atoms with van der Waals surface area (Å²) in [7, 11) is 0. The van der Waals surface area contributed by atoms with Crippen LogP contribution in [-0.4, -0.2) is 0 Å². The first-order valence-electron chi connectivity index (χ1n) is 19.3. The minimum atomic E-state index is 1.04. The quantitative estimate of drug-likeness (QED) is 0.162. The summed E-state index contributed by atoms with van der Waals surface area (Å²) in [5, 5.41) is 12.7. The van der Waals surface area contributed by atoms with E-state index in [-0.39, 0.29) is 0 Å². The zero-order valence-corrected chi connectivity index (χ0v) is 30.4. The molecule has 0 bridgehead atoms. The zero-order chi connectivity index (χ0) is 36.3. The van der Waals surface area contributed by atoms with E-state index in [4.69, 9.17) is 0 Å². The van der Waals surface area contributed by atoms with Crippen LogP contribution in [0.5, 0.6) is 0 Å². The summed E-state index contributed by atoms with van der Waals surface area (Å²) in [5.74, 6) is 0. The molecule has 55 heavy (non-hydrogen) atoms. The number of anilines is 3. The average Bonchev–Trinajstić information content (AvgIpc) is 3.26. The Labute approximate surface area is 321 Å². The van der Waals surface area contributed by atoms with Gasteiger partial charge in [-0.25, -0.2) is 0 Å². The van der Waals surface area contributed by atoms with Gasteiger partial charge >= 0.3 is 0 Å². The van der Waals surface area contributed by atoms with E-state index < -0.39 is 0 Å². The van der Waals surface area contributed by atoms with Crippen molar-refractivity contribution in [1.82, 2.24) is 0 Å². The molecule has 0 atom stereocenters. The molecule has 0 spiro atoms. The highest BCUT2D eigenvalue weighted by Crippen LogP contribution is 2.45. The molecule has 1 aliphatic carbocycles. The van der Waals surface area contributed by atoms with Gasteiger partial charge in [0, 0.05) is 17.1 Å². The molecule has 0 radical (unpaired) electrons. The average molecular weight is 700 g/mol. The van der Waals surface area contributed by atoms with Crippen molar-refractivity contribution >= 4 is 77.0 Å². The van der Waals surface area contributed by atoms with Crippen LogP contribution in [0.15, 0.2) is 194 Å². The van der Waals surface area contributed by atoms with Crippen LogP contribution in [0.25, 0.3) is 82.2 Å². The first kappa shape index (κ1) is 31.6. The van der Waals surface area contributed by atoms with Gasteiger partial charge in [-0.3, -0.25) is 0 Å². The highest BCUT2D eigenvalue weighted by Gasteiger charge is 2.21. The highest BCUT2D eigenvalue weighted by molar-refractivity contribution is 6.18. The second-order valence-electron chi connectivity index (χ2n) is 14.8. The van der Waals surface area contributed by atoms with Crippen LogP contribution < -0.4 is 4.90 Å². The summed E-state index contributed by atoms with van der Waals surface area (Å²) in [6.07, 6.45) is 6.84. The molecule has 0 saturated carbocycles. The maximum Gasteiger partial charge on any atom is 0.0468 e. The molecule has 0 heterocycles. The van der Waals surface area contributed by atoms with Crippen LogP contribution in [0.1, 0.15) is 17.5 Å². The normalized spacial score (nSPS) is 12.5. The predicted molar refractivity (Wildman–Crippen MR) is 237 cm³/mol. The molecule has 0 N–H and O–H groups in total. The molecule has 1 aliphatic rings. The van der Waals surface area contributed by atoms with Crippen LogP contribution in [0.4, 0.5) is 17.1 Å². The Bertz CT molecular complexity index is 3060. The maximum atomic E-state index is 2.47. The standard InChI is InChI=1S/C54H37N/c1-3-15-40-32-44(30-24-36(40)12-1)55(45-31-25-37-13-2-4-16-41(37)33-45)43-28-26-39(27-29-43)52-34-42-35-53(47-23-11-17-38-14-5-6-18-46(38)47)49-20-8-10-22-51(49)54(42)50-21-9-7-19-48(50)52/h1-7,9-19,21-35H,8,20H2. The SMILES string of the molecule is C1=Cc2c(c(-c3cccc4ccccc34)cc3cc(-c4ccc(N(c5ccc6ccccc6c5)c5ccc6ccccc6c5)cc4)c4ccccc4c23)CC1. The predicted octanol–water partition coefficient (Wildman–Crippen LogP) is 15.2. The fourth-order valence-corrected chi connectivity index (χ4v) is 9.04. The molecule has 10 aromatic carbocycles. The highest BCUT2D eigenvalue weighted by atomic mass is 15.1. The number of benzene rings is 10. The molecule has 0 saturated heterocycles. The third-order valence-electron chi connectivity index (χ3n) is 11.6. The van der Waals surface area contributed by atoms with Crippen LogP contribution >= 0.6 is 0 Å². The van der Waals surface area contributed by atoms with Crippen molar-refractivity contribution in [2.45, 2.75) is 12.8 Å². The molecular weight excluding hydrogens is 663 g/mol. The van der Waals surface area contributed by atoms with Gasteiger partial charge in [0.15, 0.2) is 0 Å². The molecule has 11 rings (SSSR count). The summed E-state index contributed by atoms with van der Waals surface area (Å²) < 4.78 is 0. The molecule has 0 fully saturated rings. The molecule has 1 heteroatoms. The number of nitrogens with zero attached hydrogens (tertiary/aromatic N) is 1. The summed E-state index contributed by atoms with van der Waals surface area (Å²) in [4.78, 5) is 2.39. The van der Waals surface area contributed by atoms with Gasteiger partial charge in [-0.15, -0.1) is 0 Å². The summed E-state index contributed by atoms with van der Waals surface area (Å²) in [6, 6.07) is 69.4. The number of hydrogen-bond donors (Lipinski definition) is 0. The molecule has 0 aromatic heterocycles. The van der Waals surface area contributed by atoms with E-state index in [1.807, 2.05) is 0 Å². The molecular formula is C54H37N. The Kier molecular flexibility index (Phi) is 7.38. The second kappa shape index (κ2) is 12.9. The lowest BCUT2D eigenvalue weighted by atomic mass is 9.82. The van der Waals surface area contributed by atoms with Crippen molar-refractivity contribution in [2.75, 3.05) is 4.90 Å². The first-order chi connectivity index (χ1) is 27.3. The van der Waals surface area contributed by atoms with Gasteiger partial charge in [-0.1, -0.05) is 152 Å². The van der Waals surface area contributed by atoms with Crippen molar-refractivity contribution < 1.29 is 0 Å². The minimum Gasteiger partial charge on any atom is -0.310 e. The van der Waals surface area contributed by atoms with E-state index in [2.05, 4.69) is 205 Å². The Morgan fingerprint density at radius 2 is 0.927 bits per heavy atom. The lowest BCUT2D eigenvalue weighted by Gasteiger charge is -2.26. The zero-order valence-electron chi connectivity index (χ0n) is 30.4. The van der Waals surface area contributed by atoms with Crippen molar-refractivity contribution in [3.05, 3.63) is 205 Å². The molecule has 258 valence electrons. The lowest BCUT2D eigenvalue weighted by molar-refractivity contribution is 0.992. The van der Waals surface area contributed by atoms with Gasteiger partial charge in [0.1, 0.15) is 0 Å². The van der Waals surface area contributed by atoms with Crippen LogP contribution in [-0.2, 0) is 6.42 Å². The third kappa shape index (κ3) is 5.31. The van der Waals surface area contributed by atoms with Crippen molar-refractivity contribution in [1.29, 1.82) is 0 Å². The summed E-state index contributed by atoms with van der Waals surface area (Å²) >= 11 is 0. The van der Waals surface area contributed by atoms with Crippen molar-refractivity contribution in [3.8, 4) is 22.3 Å². The molecule has 10 aromatic rings. The van der Waals surface area contributed by atoms with E-state index in [1.54, 1.807) is 0 Å². The monoisotopic (exact) mass is 699 g/mol. The Hall–Kier alpha value is -6.96. The molecule has 1 nitrogen and oxygen atoms in total. The fourth-order valence-electron chi connectivity index (χ4n) is 9.04. The van der Waals surface area contributed by atoms with Crippen molar-refractivity contribution in [2.24, 2.45) is 0 Å². The van der Waals surface area contributed by atoms with E-state index in [1.165, 1.54) is 87.2 Å². The number of allylic oxidation sites excluding steroid dienone is 1. The number of hydrogen-bond acceptors (Lipinski definition) is 1. The smallest absolute Gasteiger partial charge is 0.0468 e. The molecule has 0 aliphatic heterocycles. The van der Waals surface area contributed by atoms with E-state index in [0.29, 0.717) is 0 Å².